The monoisotopic (exact) mass is 297 g/mol. The molecule has 0 radical (unpaired) electrons. The van der Waals surface area contributed by atoms with Gasteiger partial charge in [-0.1, -0.05) is 24.3 Å². The molecule has 5 heteroatoms. The number of halogens is 1. The molecule has 20 heavy (non-hydrogen) atoms. The van der Waals surface area contributed by atoms with E-state index in [4.69, 9.17) is 0 Å². The lowest BCUT2D eigenvalue weighted by atomic mass is 10.1. The number of aryl methyl sites for hydroxylation is 1. The number of piperazine rings is 1. The number of hydrogen-bond donors (Lipinski definition) is 2. The van der Waals surface area contributed by atoms with Gasteiger partial charge >= 0.3 is 0 Å². The van der Waals surface area contributed by atoms with Gasteiger partial charge in [-0.2, -0.15) is 0 Å². The first kappa shape index (κ1) is 17.0. The van der Waals surface area contributed by atoms with Gasteiger partial charge in [-0.25, -0.2) is 0 Å². The Balaban J connectivity index is 0.00000200. The fourth-order valence-electron chi connectivity index (χ4n) is 2.36. The fraction of sp³-hybridized carbons (Fsp3) is 0.533. The summed E-state index contributed by atoms with van der Waals surface area (Å²) in [6.07, 6.45) is 0. The minimum Gasteiger partial charge on any atom is -0.351 e. The van der Waals surface area contributed by atoms with Gasteiger partial charge in [0.05, 0.1) is 6.54 Å². The molecule has 0 saturated carbocycles. The van der Waals surface area contributed by atoms with Gasteiger partial charge < -0.3 is 10.6 Å². The first-order valence-electron chi connectivity index (χ1n) is 6.93. The quantitative estimate of drug-likeness (QED) is 0.881. The maximum absolute atomic E-state index is 12.0. The molecule has 4 nitrogen and oxygen atoms in total. The highest BCUT2D eigenvalue weighted by atomic mass is 35.5. The molecule has 1 saturated heterocycles. The zero-order valence-electron chi connectivity index (χ0n) is 12.2. The second-order valence-electron chi connectivity index (χ2n) is 5.23. The smallest absolute Gasteiger partial charge is 0.234 e. The first-order valence-corrected chi connectivity index (χ1v) is 6.93. The Hall–Kier alpha value is -1.10. The second-order valence-corrected chi connectivity index (χ2v) is 5.23. The molecule has 1 aromatic rings. The molecular formula is C15H24ClN3O. The third-order valence-corrected chi connectivity index (χ3v) is 3.72. The molecule has 2 rings (SSSR count). The van der Waals surface area contributed by atoms with Crippen LogP contribution >= 0.6 is 12.4 Å². The van der Waals surface area contributed by atoms with Crippen LogP contribution < -0.4 is 10.6 Å². The molecule has 2 N–H and O–H groups in total. The molecular weight excluding hydrogens is 274 g/mol. The van der Waals surface area contributed by atoms with Crippen molar-refractivity contribution in [2.45, 2.75) is 26.4 Å². The van der Waals surface area contributed by atoms with E-state index in [-0.39, 0.29) is 18.3 Å². The van der Waals surface area contributed by atoms with E-state index >= 15 is 0 Å². The summed E-state index contributed by atoms with van der Waals surface area (Å²) in [7, 11) is 0. The largest absolute Gasteiger partial charge is 0.351 e. The zero-order chi connectivity index (χ0) is 13.7. The highest BCUT2D eigenvalue weighted by molar-refractivity contribution is 5.85. The van der Waals surface area contributed by atoms with Crippen LogP contribution in [0.4, 0.5) is 0 Å². The van der Waals surface area contributed by atoms with Crippen molar-refractivity contribution in [1.29, 1.82) is 0 Å². The SMILES string of the molecule is Cc1ccccc1CNC(=O)CN1CCNC[C@@H]1C.Cl. The van der Waals surface area contributed by atoms with Gasteiger partial charge in [0, 0.05) is 32.2 Å². The minimum absolute atomic E-state index is 0. The van der Waals surface area contributed by atoms with E-state index in [9.17, 15) is 4.79 Å². The summed E-state index contributed by atoms with van der Waals surface area (Å²) in [5.74, 6) is 0.108. The molecule has 0 aliphatic carbocycles. The molecule has 1 aliphatic heterocycles. The number of nitrogens with zero attached hydrogens (tertiary/aromatic N) is 1. The first-order chi connectivity index (χ1) is 9.16. The Morgan fingerprint density at radius 2 is 2.20 bits per heavy atom. The summed E-state index contributed by atoms with van der Waals surface area (Å²) in [6, 6.07) is 8.58. The van der Waals surface area contributed by atoms with Crippen molar-refractivity contribution in [2.75, 3.05) is 26.2 Å². The van der Waals surface area contributed by atoms with Gasteiger partial charge in [0.25, 0.3) is 0 Å². The van der Waals surface area contributed by atoms with Crippen LogP contribution in [0.1, 0.15) is 18.1 Å². The Morgan fingerprint density at radius 3 is 2.90 bits per heavy atom. The average Bonchev–Trinajstić information content (AvgIpc) is 2.40. The van der Waals surface area contributed by atoms with E-state index < -0.39 is 0 Å². The van der Waals surface area contributed by atoms with E-state index in [0.717, 1.165) is 19.6 Å². The van der Waals surface area contributed by atoms with Crippen LogP contribution in [0, 0.1) is 6.92 Å². The van der Waals surface area contributed by atoms with Crippen LogP contribution in [0.15, 0.2) is 24.3 Å². The molecule has 0 spiro atoms. The van der Waals surface area contributed by atoms with Crippen LogP contribution in [-0.4, -0.2) is 43.0 Å². The van der Waals surface area contributed by atoms with Gasteiger partial charge in [0.1, 0.15) is 0 Å². The number of rotatable bonds is 4. The van der Waals surface area contributed by atoms with Gasteiger partial charge in [0.2, 0.25) is 5.91 Å². The fourth-order valence-corrected chi connectivity index (χ4v) is 2.36. The second kappa shape index (κ2) is 8.25. The number of amides is 1. The van der Waals surface area contributed by atoms with E-state index in [0.29, 0.717) is 19.1 Å². The van der Waals surface area contributed by atoms with E-state index in [1.165, 1.54) is 11.1 Å². The molecule has 1 atom stereocenters. The van der Waals surface area contributed by atoms with Crippen LogP contribution in [0.25, 0.3) is 0 Å². The standard InChI is InChI=1S/C15H23N3O.ClH/c1-12-5-3-4-6-14(12)10-17-15(19)11-18-8-7-16-9-13(18)2;/h3-6,13,16H,7-11H2,1-2H3,(H,17,19);1H/t13-;/m0./s1. The Kier molecular flexibility index (Phi) is 6.99. The van der Waals surface area contributed by atoms with Gasteiger partial charge in [0.15, 0.2) is 0 Å². The lowest BCUT2D eigenvalue weighted by Crippen LogP contribution is -2.52. The Bertz CT molecular complexity index is 439. The molecule has 1 amide bonds. The summed E-state index contributed by atoms with van der Waals surface area (Å²) in [4.78, 5) is 14.2. The minimum atomic E-state index is 0. The van der Waals surface area contributed by atoms with Crippen molar-refractivity contribution in [3.63, 3.8) is 0 Å². The zero-order valence-corrected chi connectivity index (χ0v) is 13.0. The molecule has 0 unspecified atom stereocenters. The number of benzene rings is 1. The van der Waals surface area contributed by atoms with Crippen LogP contribution in [0.3, 0.4) is 0 Å². The highest BCUT2D eigenvalue weighted by Crippen LogP contribution is 2.06. The molecule has 1 aliphatic rings. The van der Waals surface area contributed by atoms with Crippen molar-refractivity contribution in [2.24, 2.45) is 0 Å². The van der Waals surface area contributed by atoms with Gasteiger partial charge in [-0.05, 0) is 25.0 Å². The molecule has 1 aromatic carbocycles. The maximum Gasteiger partial charge on any atom is 0.234 e. The summed E-state index contributed by atoms with van der Waals surface area (Å²) < 4.78 is 0. The Labute approximate surface area is 127 Å². The van der Waals surface area contributed by atoms with Crippen LogP contribution in [0.5, 0.6) is 0 Å². The number of carbonyl (C=O) groups excluding carboxylic acids is 1. The van der Waals surface area contributed by atoms with Gasteiger partial charge in [-0.3, -0.25) is 9.69 Å². The van der Waals surface area contributed by atoms with Crippen molar-refractivity contribution in [3.8, 4) is 0 Å². The third kappa shape index (κ3) is 4.78. The predicted octanol–water partition coefficient (Wildman–Crippen LogP) is 1.33. The average molecular weight is 298 g/mol. The summed E-state index contributed by atoms with van der Waals surface area (Å²) in [6.45, 7) is 8.21. The van der Waals surface area contributed by atoms with Crippen LogP contribution in [0.2, 0.25) is 0 Å². The van der Waals surface area contributed by atoms with E-state index in [1.54, 1.807) is 0 Å². The summed E-state index contributed by atoms with van der Waals surface area (Å²) in [5.41, 5.74) is 2.41. The molecule has 0 aromatic heterocycles. The Morgan fingerprint density at radius 1 is 1.45 bits per heavy atom. The van der Waals surface area contributed by atoms with Crippen molar-refractivity contribution in [1.82, 2.24) is 15.5 Å². The van der Waals surface area contributed by atoms with Crippen molar-refractivity contribution < 1.29 is 4.79 Å². The molecule has 112 valence electrons. The number of nitrogens with one attached hydrogen (secondary N) is 2. The topological polar surface area (TPSA) is 44.4 Å². The van der Waals surface area contributed by atoms with Crippen LogP contribution in [-0.2, 0) is 11.3 Å². The number of hydrogen-bond acceptors (Lipinski definition) is 3. The highest BCUT2D eigenvalue weighted by Gasteiger charge is 2.19. The van der Waals surface area contributed by atoms with Crippen molar-refractivity contribution >= 4 is 18.3 Å². The summed E-state index contributed by atoms with van der Waals surface area (Å²) >= 11 is 0. The maximum atomic E-state index is 12.0. The number of carbonyl (C=O) groups is 1. The lowest BCUT2D eigenvalue weighted by molar-refractivity contribution is -0.123. The molecule has 0 bridgehead atoms. The normalized spacial score (nSPS) is 19.2. The van der Waals surface area contributed by atoms with E-state index in [2.05, 4.69) is 41.5 Å². The summed E-state index contributed by atoms with van der Waals surface area (Å²) in [5, 5.41) is 6.34. The molecule has 1 heterocycles. The van der Waals surface area contributed by atoms with Crippen molar-refractivity contribution in [3.05, 3.63) is 35.4 Å². The van der Waals surface area contributed by atoms with E-state index in [1.807, 2.05) is 12.1 Å². The predicted molar refractivity (Wildman–Crippen MR) is 84.2 cm³/mol. The molecule has 1 fully saturated rings. The third-order valence-electron chi connectivity index (χ3n) is 3.72. The lowest BCUT2D eigenvalue weighted by Gasteiger charge is -2.33. The van der Waals surface area contributed by atoms with Gasteiger partial charge in [-0.15, -0.1) is 12.4 Å².